The zero-order valence-corrected chi connectivity index (χ0v) is 16.0. The van der Waals surface area contributed by atoms with Gasteiger partial charge in [-0.2, -0.15) is 18.3 Å². The second-order valence-corrected chi connectivity index (χ2v) is 6.99. The molecule has 0 saturated carbocycles. The molecule has 12 heteroatoms. The summed E-state index contributed by atoms with van der Waals surface area (Å²) in [7, 11) is 0. The van der Waals surface area contributed by atoms with Crippen molar-refractivity contribution in [1.82, 2.24) is 20.2 Å². The Labute approximate surface area is 169 Å². The molecule has 1 N–H and O–H groups in total. The molecule has 30 heavy (non-hydrogen) atoms. The Kier molecular flexibility index (Phi) is 6.34. The molecule has 2 fully saturated rings. The number of aliphatic carboxylic acids is 1. The van der Waals surface area contributed by atoms with E-state index in [9.17, 15) is 13.2 Å². The number of anilines is 1. The molecule has 1 spiro atoms. The van der Waals surface area contributed by atoms with Crippen molar-refractivity contribution in [2.75, 3.05) is 24.6 Å². The highest BCUT2D eigenvalue weighted by Gasteiger charge is 2.49. The molecule has 162 valence electrons. The number of aromatic nitrogens is 4. The van der Waals surface area contributed by atoms with Crippen LogP contribution in [0.3, 0.4) is 0 Å². The van der Waals surface area contributed by atoms with E-state index in [4.69, 9.17) is 19.4 Å². The van der Waals surface area contributed by atoms with Crippen LogP contribution in [0.4, 0.5) is 19.0 Å². The Hall–Kier alpha value is -3.02. The molecule has 2 aromatic heterocycles. The second kappa shape index (κ2) is 8.78. The zero-order chi connectivity index (χ0) is 21.8. The predicted molar refractivity (Wildman–Crippen MR) is 97.0 cm³/mol. The summed E-state index contributed by atoms with van der Waals surface area (Å²) in [6.07, 6.45) is 0.111. The molecule has 2 aromatic rings. The minimum Gasteiger partial charge on any atom is -0.475 e. The standard InChI is InChI=1S/C16H19N5O2.C2HF3O2/c1-12-3-4-14(20-19-12)21-10-16(11-21)9-13(5-8-22-16)23-15-17-6-2-7-18-15;3-2(4,5)1(6)7/h2-4,6-7,13H,5,8-11H2,1H3;(H,6,7). The van der Waals surface area contributed by atoms with Crippen molar-refractivity contribution < 1.29 is 32.5 Å². The Morgan fingerprint density at radius 1 is 1.27 bits per heavy atom. The van der Waals surface area contributed by atoms with Crippen molar-refractivity contribution in [1.29, 1.82) is 0 Å². The van der Waals surface area contributed by atoms with E-state index >= 15 is 0 Å². The number of hydrogen-bond acceptors (Lipinski definition) is 8. The van der Waals surface area contributed by atoms with Gasteiger partial charge in [-0.1, -0.05) is 0 Å². The number of rotatable bonds is 3. The van der Waals surface area contributed by atoms with Gasteiger partial charge in [-0.3, -0.25) is 0 Å². The van der Waals surface area contributed by atoms with E-state index < -0.39 is 12.1 Å². The Bertz CT molecular complexity index is 845. The highest BCUT2D eigenvalue weighted by molar-refractivity contribution is 5.73. The van der Waals surface area contributed by atoms with Gasteiger partial charge in [-0.15, -0.1) is 5.10 Å². The van der Waals surface area contributed by atoms with Crippen molar-refractivity contribution >= 4 is 11.8 Å². The van der Waals surface area contributed by atoms with E-state index in [2.05, 4.69) is 25.1 Å². The van der Waals surface area contributed by atoms with Gasteiger partial charge < -0.3 is 19.5 Å². The van der Waals surface area contributed by atoms with Gasteiger partial charge in [0.2, 0.25) is 0 Å². The lowest BCUT2D eigenvalue weighted by atomic mass is 9.84. The van der Waals surface area contributed by atoms with Crippen LogP contribution in [0.25, 0.3) is 0 Å². The van der Waals surface area contributed by atoms with Crippen LogP contribution >= 0.6 is 0 Å². The lowest BCUT2D eigenvalue weighted by Crippen LogP contribution is -2.66. The van der Waals surface area contributed by atoms with Crippen molar-refractivity contribution in [2.24, 2.45) is 0 Å². The summed E-state index contributed by atoms with van der Waals surface area (Å²) < 4.78 is 43.7. The molecule has 9 nitrogen and oxygen atoms in total. The second-order valence-electron chi connectivity index (χ2n) is 6.99. The van der Waals surface area contributed by atoms with Crippen LogP contribution in [0.5, 0.6) is 6.01 Å². The van der Waals surface area contributed by atoms with Crippen LogP contribution in [0.1, 0.15) is 18.5 Å². The third kappa shape index (κ3) is 5.53. The molecular formula is C18H20F3N5O4. The summed E-state index contributed by atoms with van der Waals surface area (Å²) in [5.41, 5.74) is 0.777. The SMILES string of the molecule is Cc1ccc(N2CC3(CC(Oc4ncccn4)CCO3)C2)nn1.O=C(O)C(F)(F)F. The third-order valence-electron chi connectivity index (χ3n) is 4.57. The number of halogens is 3. The maximum atomic E-state index is 10.6. The molecule has 4 heterocycles. The maximum absolute atomic E-state index is 10.6. The van der Waals surface area contributed by atoms with Gasteiger partial charge in [0.15, 0.2) is 5.82 Å². The fourth-order valence-electron chi connectivity index (χ4n) is 3.17. The Balaban J connectivity index is 0.000000318. The molecule has 0 radical (unpaired) electrons. The zero-order valence-electron chi connectivity index (χ0n) is 16.0. The molecular weight excluding hydrogens is 407 g/mol. The van der Waals surface area contributed by atoms with Gasteiger partial charge in [0.05, 0.1) is 25.4 Å². The van der Waals surface area contributed by atoms with Crippen molar-refractivity contribution in [2.45, 2.75) is 37.6 Å². The molecule has 0 amide bonds. The minimum absolute atomic E-state index is 0.0948. The fourth-order valence-corrected chi connectivity index (χ4v) is 3.17. The van der Waals surface area contributed by atoms with E-state index in [1.54, 1.807) is 18.5 Å². The van der Waals surface area contributed by atoms with Gasteiger partial charge in [0.1, 0.15) is 11.7 Å². The highest BCUT2D eigenvalue weighted by atomic mass is 19.4. The minimum atomic E-state index is -5.08. The van der Waals surface area contributed by atoms with Crippen molar-refractivity contribution in [3.63, 3.8) is 0 Å². The summed E-state index contributed by atoms with van der Waals surface area (Å²) in [6.45, 7) is 4.28. The molecule has 0 bridgehead atoms. The highest BCUT2D eigenvalue weighted by Crippen LogP contribution is 2.37. The topological polar surface area (TPSA) is 111 Å². The number of ether oxygens (including phenoxy) is 2. The van der Waals surface area contributed by atoms with E-state index in [-0.39, 0.29) is 11.7 Å². The van der Waals surface area contributed by atoms with E-state index in [0.717, 1.165) is 37.4 Å². The number of nitrogens with zero attached hydrogens (tertiary/aromatic N) is 5. The fraction of sp³-hybridized carbons (Fsp3) is 0.500. The molecule has 2 aliphatic rings. The van der Waals surface area contributed by atoms with Gasteiger partial charge in [0.25, 0.3) is 0 Å². The van der Waals surface area contributed by atoms with Gasteiger partial charge in [0, 0.05) is 25.2 Å². The average molecular weight is 427 g/mol. The van der Waals surface area contributed by atoms with Crippen LogP contribution in [0.15, 0.2) is 30.6 Å². The number of carboxylic acids is 1. The number of carboxylic acid groups (broad SMARTS) is 1. The Morgan fingerprint density at radius 2 is 1.93 bits per heavy atom. The molecule has 4 rings (SSSR count). The first kappa shape index (κ1) is 21.7. The van der Waals surface area contributed by atoms with E-state index in [1.807, 2.05) is 19.1 Å². The summed E-state index contributed by atoms with van der Waals surface area (Å²) in [5, 5.41) is 15.5. The lowest BCUT2D eigenvalue weighted by molar-refractivity contribution is -0.192. The smallest absolute Gasteiger partial charge is 0.475 e. The quantitative estimate of drug-likeness (QED) is 0.786. The molecule has 2 aliphatic heterocycles. The molecule has 1 atom stereocenters. The van der Waals surface area contributed by atoms with Crippen LogP contribution in [-0.4, -0.2) is 68.8 Å². The van der Waals surface area contributed by atoms with Crippen LogP contribution in [-0.2, 0) is 9.53 Å². The van der Waals surface area contributed by atoms with Crippen molar-refractivity contribution in [3.05, 3.63) is 36.3 Å². The largest absolute Gasteiger partial charge is 0.490 e. The summed E-state index contributed by atoms with van der Waals surface area (Å²) in [6, 6.07) is 6.21. The van der Waals surface area contributed by atoms with Gasteiger partial charge in [-0.05, 0) is 25.1 Å². The number of alkyl halides is 3. The maximum Gasteiger partial charge on any atom is 0.490 e. The molecule has 2 saturated heterocycles. The summed E-state index contributed by atoms with van der Waals surface area (Å²) >= 11 is 0. The molecule has 1 unspecified atom stereocenters. The lowest BCUT2D eigenvalue weighted by Gasteiger charge is -2.53. The molecule has 0 aromatic carbocycles. The van der Waals surface area contributed by atoms with Crippen LogP contribution in [0, 0.1) is 6.92 Å². The predicted octanol–water partition coefficient (Wildman–Crippen LogP) is 2.03. The van der Waals surface area contributed by atoms with E-state index in [0.29, 0.717) is 12.6 Å². The number of aryl methyl sites for hydroxylation is 1. The summed E-state index contributed by atoms with van der Waals surface area (Å²) in [4.78, 5) is 19.3. The van der Waals surface area contributed by atoms with Gasteiger partial charge in [-0.25, -0.2) is 14.8 Å². The van der Waals surface area contributed by atoms with Gasteiger partial charge >= 0.3 is 18.2 Å². The average Bonchev–Trinajstić information content (AvgIpc) is 2.67. The number of carbonyl (C=O) groups is 1. The van der Waals surface area contributed by atoms with Crippen LogP contribution in [0.2, 0.25) is 0 Å². The van der Waals surface area contributed by atoms with E-state index in [1.165, 1.54) is 0 Å². The monoisotopic (exact) mass is 427 g/mol. The Morgan fingerprint density at radius 3 is 2.50 bits per heavy atom. The van der Waals surface area contributed by atoms with Crippen LogP contribution < -0.4 is 9.64 Å². The first-order valence-electron chi connectivity index (χ1n) is 9.10. The first-order chi connectivity index (χ1) is 14.2. The normalized spacial score (nSPS) is 20.0. The number of hydrogen-bond donors (Lipinski definition) is 1. The molecule has 0 aliphatic carbocycles. The summed E-state index contributed by atoms with van der Waals surface area (Å²) in [5.74, 6) is -1.85. The third-order valence-corrected chi connectivity index (χ3v) is 4.57. The van der Waals surface area contributed by atoms with Crippen molar-refractivity contribution in [3.8, 4) is 6.01 Å². The first-order valence-corrected chi connectivity index (χ1v) is 9.10.